The molecule has 0 amide bonds. The molecule has 7 heterocycles. The Kier molecular flexibility index (Phi) is 17.6. The molecule has 5 nitrogen and oxygen atoms in total. The monoisotopic (exact) mass is 1770 g/mol. The zero-order valence-corrected chi connectivity index (χ0v) is 81.1. The van der Waals surface area contributed by atoms with E-state index in [0.717, 1.165) is 210 Å². The summed E-state index contributed by atoms with van der Waals surface area (Å²) in [7, 11) is 0. The van der Waals surface area contributed by atoms with Gasteiger partial charge in [0, 0.05) is 123 Å². The minimum atomic E-state index is -0.530. The molecule has 0 aliphatic carbocycles. The lowest BCUT2D eigenvalue weighted by atomic mass is 9.33. The predicted molar refractivity (Wildman–Crippen MR) is 580 cm³/mol. The molecule has 24 rings (SSSR count). The van der Waals surface area contributed by atoms with Crippen LogP contribution in [0, 0.1) is 0 Å². The van der Waals surface area contributed by atoms with Gasteiger partial charge in [-0.05, 0) is 260 Å². The number of furan rings is 2. The number of rotatable bonds is 9. The zero-order valence-electron chi connectivity index (χ0n) is 83.4. The highest BCUT2D eigenvalue weighted by Gasteiger charge is 2.48. The summed E-state index contributed by atoms with van der Waals surface area (Å²) in [4.78, 5) is 5.43. The largest absolute Gasteiger partial charge is 0.456 e. The van der Waals surface area contributed by atoms with Gasteiger partial charge < -0.3 is 23.2 Å². The predicted octanol–water partition coefficient (Wildman–Crippen LogP) is 35.2. The highest BCUT2D eigenvalue weighted by atomic mass is 32.1. The molecule has 0 atom stereocenters. The lowest BCUT2D eigenvalue weighted by molar-refractivity contribution is 0.590. The second-order valence-corrected chi connectivity index (χ2v) is 45.8. The Morgan fingerprint density at radius 1 is 0.261 bits per heavy atom. The number of hydrogen-bond acceptors (Lipinski definition) is 6. The van der Waals surface area contributed by atoms with E-state index in [1.807, 2.05) is 11.3 Å². The van der Waals surface area contributed by atoms with Gasteiger partial charge in [0.1, 0.15) is 22.3 Å². The number of nitrogens with zero attached hydrogens (tertiary/aromatic N) is 3. The standard InChI is InChI=1S/C126H108BN3O2S2/c1-121(2,3)77-53-58-100-92(64-77)93-65-78(122(4,5)6)54-59-101(93)128(100)83-55-56-98-103(72-83)130(120-94(84-40-30-46-108-114(84)88-36-22-26-44-106(88)131-108)66-80(124(10,11)12)67-95(120)85-41-31-47-109-115(85)89-37-23-27-45-107(89)132-109)105-71-82(126(16,17)18)70-104-118(105)127(98)99-63-74(76-60-75(73-34-20-19-21-35-73)61-79(62-76)123(7,8)9)52-57-102(99)129(104)119-96(86-42-32-50-112-116(86)90-38-24-28-48-110(90)133-112)68-81(125(13,14)15)69-97(119)87-43-33-51-113-117(87)91-39-25-29-49-111(91)134-113/h19-72H,1-18H3/i24D,28D,38D,48D. The van der Waals surface area contributed by atoms with E-state index >= 15 is 0 Å². The van der Waals surface area contributed by atoms with Gasteiger partial charge in [-0.1, -0.05) is 319 Å². The summed E-state index contributed by atoms with van der Waals surface area (Å²) in [6.07, 6.45) is 0. The average Bonchev–Trinajstić information content (AvgIpc) is 0.684. The van der Waals surface area contributed by atoms with Crippen LogP contribution in [-0.4, -0.2) is 11.3 Å². The number of fused-ring (bicyclic) bond motifs is 19. The molecule has 2 aliphatic heterocycles. The number of thiophene rings is 2. The summed E-state index contributed by atoms with van der Waals surface area (Å²) in [6, 6.07) is 115. The first-order valence-electron chi connectivity index (χ1n) is 49.3. The third kappa shape index (κ3) is 13.3. The molecule has 0 radical (unpaired) electrons. The summed E-state index contributed by atoms with van der Waals surface area (Å²) in [5.41, 5.74) is 33.5. The summed E-state index contributed by atoms with van der Waals surface area (Å²) in [5, 5.41) is 10.1. The molecule has 17 aromatic carbocycles. The van der Waals surface area contributed by atoms with Crippen LogP contribution in [0.2, 0.25) is 0 Å². The molecule has 0 fully saturated rings. The van der Waals surface area contributed by atoms with E-state index in [2.05, 4.69) is 442 Å². The lowest BCUT2D eigenvalue weighted by Gasteiger charge is -2.47. The third-order valence-corrected chi connectivity index (χ3v) is 31.0. The van der Waals surface area contributed by atoms with Crippen LogP contribution in [-0.2, 0) is 32.5 Å². The maximum Gasteiger partial charge on any atom is 0.252 e. The van der Waals surface area contributed by atoms with Crippen molar-refractivity contribution in [1.82, 2.24) is 4.57 Å². The highest BCUT2D eigenvalue weighted by Crippen LogP contribution is 2.60. The fourth-order valence-electron chi connectivity index (χ4n) is 21.7. The number of aromatic nitrogens is 1. The highest BCUT2D eigenvalue weighted by molar-refractivity contribution is 7.26. The second kappa shape index (κ2) is 29.9. The number of para-hydroxylation sites is 2. The van der Waals surface area contributed by atoms with Gasteiger partial charge >= 0.3 is 0 Å². The Hall–Kier alpha value is -13.8. The molecule has 5 aromatic heterocycles. The van der Waals surface area contributed by atoms with Gasteiger partial charge in [-0.3, -0.25) is 0 Å². The van der Waals surface area contributed by atoms with Crippen LogP contribution < -0.4 is 26.2 Å². The Balaban J connectivity index is 0.925. The third-order valence-electron chi connectivity index (χ3n) is 28.8. The van der Waals surface area contributed by atoms with Crippen LogP contribution in [0.1, 0.15) is 163 Å². The number of hydrogen-bond donors (Lipinski definition) is 0. The summed E-state index contributed by atoms with van der Waals surface area (Å²) in [6.45, 7) is 41.6. The van der Waals surface area contributed by atoms with Crippen LogP contribution in [0.25, 0.3) is 178 Å². The van der Waals surface area contributed by atoms with Crippen molar-refractivity contribution in [2.45, 2.75) is 157 Å². The van der Waals surface area contributed by atoms with Crippen LogP contribution in [0.15, 0.2) is 336 Å². The second-order valence-electron chi connectivity index (χ2n) is 43.7. The van der Waals surface area contributed by atoms with E-state index in [9.17, 15) is 5.48 Å². The van der Waals surface area contributed by atoms with Crippen molar-refractivity contribution in [3.05, 3.63) is 361 Å². The normalized spacial score (nSPS) is 13.8. The van der Waals surface area contributed by atoms with Gasteiger partial charge in [0.2, 0.25) is 0 Å². The molecule has 22 aromatic rings. The molecular formula is C126H108BN3O2S2. The van der Waals surface area contributed by atoms with Crippen LogP contribution in [0.4, 0.5) is 34.1 Å². The maximum atomic E-state index is 10.2. The lowest BCUT2D eigenvalue weighted by Crippen LogP contribution is -2.61. The van der Waals surface area contributed by atoms with Crippen molar-refractivity contribution in [1.29, 1.82) is 0 Å². The molecule has 0 saturated heterocycles. The Morgan fingerprint density at radius 3 is 1.22 bits per heavy atom. The molecule has 0 spiro atoms. The van der Waals surface area contributed by atoms with E-state index in [1.54, 1.807) is 0 Å². The molecule has 0 unspecified atom stereocenters. The van der Waals surface area contributed by atoms with E-state index in [1.165, 1.54) is 53.6 Å². The van der Waals surface area contributed by atoms with Gasteiger partial charge in [0.15, 0.2) is 0 Å². The SMILES string of the molecule is [2H]c1c([2H])c([2H])c2c(sc3cccc(-c4cc(C(C)(C)C)cc(-c5cccc6sc7ccccc7c56)c4N4c5ccc(-c6cc(-c7ccccc7)cc(C(C)(C)C)c6)cc5B5c6ccc(-n7c8ccc(C(C)(C)C)cc8c8cc(C(C)(C)C)ccc87)cc6N(c6c(-c7cccc8oc9ccccc9c78)cc(C(C)(C)C)cc6-c6cccc7oc8ccccc8c67)c6cc(C(C)(C)C)cc4c65)c32)c1[2H]. The molecule has 134 heavy (non-hydrogen) atoms. The van der Waals surface area contributed by atoms with E-state index in [-0.39, 0.29) is 40.4 Å². The molecule has 0 N–H and O–H groups in total. The van der Waals surface area contributed by atoms with E-state index in [4.69, 9.17) is 8.83 Å². The van der Waals surface area contributed by atoms with Gasteiger partial charge in [0.25, 0.3) is 6.71 Å². The molecule has 654 valence electrons. The quantitative estimate of drug-likeness (QED) is 0.135. The fourth-order valence-corrected chi connectivity index (χ4v) is 23.8. The number of anilines is 6. The van der Waals surface area contributed by atoms with Crippen molar-refractivity contribution in [3.8, 4) is 72.4 Å². The smallest absolute Gasteiger partial charge is 0.252 e. The topological polar surface area (TPSA) is 37.7 Å². The van der Waals surface area contributed by atoms with Crippen molar-refractivity contribution < 1.29 is 14.3 Å². The van der Waals surface area contributed by atoms with Crippen molar-refractivity contribution in [2.75, 3.05) is 9.80 Å². The van der Waals surface area contributed by atoms with Crippen LogP contribution >= 0.6 is 22.7 Å². The van der Waals surface area contributed by atoms with Crippen molar-refractivity contribution in [3.63, 3.8) is 0 Å². The zero-order chi connectivity index (χ0) is 95.5. The molecule has 8 heteroatoms. The maximum absolute atomic E-state index is 10.2. The van der Waals surface area contributed by atoms with Crippen LogP contribution in [0.5, 0.6) is 0 Å². The molecular weight excluding hydrogens is 1660 g/mol. The van der Waals surface area contributed by atoms with Crippen LogP contribution in [0.3, 0.4) is 0 Å². The van der Waals surface area contributed by atoms with Gasteiger partial charge in [-0.2, -0.15) is 0 Å². The summed E-state index contributed by atoms with van der Waals surface area (Å²) < 4.78 is 59.4. The van der Waals surface area contributed by atoms with Crippen molar-refractivity contribution in [2.24, 2.45) is 0 Å². The average molecular weight is 1780 g/mol. The Morgan fingerprint density at radius 2 is 0.687 bits per heavy atom. The van der Waals surface area contributed by atoms with Crippen molar-refractivity contribution >= 4 is 186 Å². The first kappa shape index (κ1) is 78.9. The Labute approximate surface area is 799 Å². The fraction of sp³-hybridized carbons (Fsp3) is 0.190. The Bertz CT molecular complexity index is 8780. The first-order valence-corrected chi connectivity index (χ1v) is 48.9. The van der Waals surface area contributed by atoms with Gasteiger partial charge in [-0.15, -0.1) is 22.7 Å². The molecule has 0 bridgehead atoms. The summed E-state index contributed by atoms with van der Waals surface area (Å²) >= 11 is 3.27. The minimum absolute atomic E-state index is 0.0415. The molecule has 2 aliphatic rings. The number of benzene rings is 17. The van der Waals surface area contributed by atoms with E-state index < -0.39 is 23.0 Å². The molecule has 0 saturated carbocycles. The minimum Gasteiger partial charge on any atom is -0.456 e. The van der Waals surface area contributed by atoms with E-state index in [0.29, 0.717) is 10.1 Å². The van der Waals surface area contributed by atoms with Gasteiger partial charge in [0.05, 0.1) is 27.9 Å². The first-order chi connectivity index (χ1) is 65.9. The van der Waals surface area contributed by atoms with Gasteiger partial charge in [-0.25, -0.2) is 0 Å². The summed E-state index contributed by atoms with van der Waals surface area (Å²) in [5.74, 6) is 0.